The number of nitrogens with two attached hydrogens (primary N) is 1. The fourth-order valence-corrected chi connectivity index (χ4v) is 1.37. The standard InChI is InChI=1S/C12H16N2O5/c1-18-7-3-4-8(10(5-7)19-2)12(17)14-6-9(15)11(13)16/h3-5,9,15H,6H2,1-2H3,(H2,13,16)(H,14,17). The molecule has 104 valence electrons. The van der Waals surface area contributed by atoms with E-state index in [1.165, 1.54) is 20.3 Å². The number of carbonyl (C=O) groups is 2. The summed E-state index contributed by atoms with van der Waals surface area (Å²) in [6, 6.07) is 4.67. The molecule has 0 aliphatic heterocycles. The molecule has 4 N–H and O–H groups in total. The third-order valence-electron chi connectivity index (χ3n) is 2.44. The maximum absolute atomic E-state index is 11.9. The SMILES string of the molecule is COc1ccc(C(=O)NCC(O)C(N)=O)c(OC)c1. The zero-order chi connectivity index (χ0) is 14.4. The van der Waals surface area contributed by atoms with Gasteiger partial charge in [0, 0.05) is 6.07 Å². The molecule has 0 fully saturated rings. The van der Waals surface area contributed by atoms with Gasteiger partial charge in [-0.3, -0.25) is 9.59 Å². The Morgan fingerprint density at radius 2 is 2.05 bits per heavy atom. The van der Waals surface area contributed by atoms with Gasteiger partial charge in [0.05, 0.1) is 26.3 Å². The number of ether oxygens (including phenoxy) is 2. The summed E-state index contributed by atoms with van der Waals surface area (Å²) in [6.45, 7) is -0.261. The molecule has 0 radical (unpaired) electrons. The molecule has 1 rings (SSSR count). The van der Waals surface area contributed by atoms with Crippen molar-refractivity contribution in [2.24, 2.45) is 5.73 Å². The summed E-state index contributed by atoms with van der Waals surface area (Å²) in [5, 5.41) is 11.6. The highest BCUT2D eigenvalue weighted by molar-refractivity contribution is 5.97. The first-order chi connectivity index (χ1) is 8.99. The van der Waals surface area contributed by atoms with Crippen LogP contribution in [-0.4, -0.2) is 43.8 Å². The largest absolute Gasteiger partial charge is 0.497 e. The van der Waals surface area contributed by atoms with E-state index in [0.29, 0.717) is 11.5 Å². The van der Waals surface area contributed by atoms with Gasteiger partial charge in [-0.1, -0.05) is 0 Å². The molecule has 1 aromatic carbocycles. The molecule has 0 spiro atoms. The van der Waals surface area contributed by atoms with E-state index in [2.05, 4.69) is 5.32 Å². The van der Waals surface area contributed by atoms with Crippen LogP contribution in [0, 0.1) is 0 Å². The van der Waals surface area contributed by atoms with Gasteiger partial charge in [-0.05, 0) is 12.1 Å². The van der Waals surface area contributed by atoms with Crippen LogP contribution in [0.2, 0.25) is 0 Å². The second kappa shape index (κ2) is 6.60. The summed E-state index contributed by atoms with van der Waals surface area (Å²) in [7, 11) is 2.92. The van der Waals surface area contributed by atoms with E-state index in [4.69, 9.17) is 15.2 Å². The predicted molar refractivity (Wildman–Crippen MR) is 67.1 cm³/mol. The number of benzene rings is 1. The Hall–Kier alpha value is -2.28. The van der Waals surface area contributed by atoms with E-state index in [0.717, 1.165) is 0 Å². The quantitative estimate of drug-likeness (QED) is 0.630. The van der Waals surface area contributed by atoms with Crippen molar-refractivity contribution in [2.75, 3.05) is 20.8 Å². The fourth-order valence-electron chi connectivity index (χ4n) is 1.37. The molecule has 0 bridgehead atoms. The highest BCUT2D eigenvalue weighted by atomic mass is 16.5. The molecule has 2 amide bonds. The lowest BCUT2D eigenvalue weighted by molar-refractivity contribution is -0.125. The third kappa shape index (κ3) is 3.85. The van der Waals surface area contributed by atoms with E-state index < -0.39 is 17.9 Å². The highest BCUT2D eigenvalue weighted by Crippen LogP contribution is 2.24. The van der Waals surface area contributed by atoms with Crippen LogP contribution in [0.3, 0.4) is 0 Å². The molecule has 0 heterocycles. The van der Waals surface area contributed by atoms with Crippen LogP contribution in [0.15, 0.2) is 18.2 Å². The number of methoxy groups -OCH3 is 2. The van der Waals surface area contributed by atoms with Gasteiger partial charge in [-0.25, -0.2) is 0 Å². The Morgan fingerprint density at radius 3 is 2.58 bits per heavy atom. The van der Waals surface area contributed by atoms with Crippen molar-refractivity contribution in [1.82, 2.24) is 5.32 Å². The zero-order valence-electron chi connectivity index (χ0n) is 10.7. The Morgan fingerprint density at radius 1 is 1.37 bits per heavy atom. The summed E-state index contributed by atoms with van der Waals surface area (Å²) in [4.78, 5) is 22.5. The lowest BCUT2D eigenvalue weighted by Crippen LogP contribution is -2.40. The average Bonchev–Trinajstić information content (AvgIpc) is 2.43. The Kier molecular flexibility index (Phi) is 5.13. The molecule has 0 aliphatic rings. The van der Waals surface area contributed by atoms with Crippen LogP contribution < -0.4 is 20.5 Å². The molecule has 1 unspecified atom stereocenters. The molecule has 0 aliphatic carbocycles. The van der Waals surface area contributed by atoms with Crippen molar-refractivity contribution in [1.29, 1.82) is 0 Å². The number of primary amides is 1. The van der Waals surface area contributed by atoms with Crippen molar-refractivity contribution in [2.45, 2.75) is 6.10 Å². The molecular weight excluding hydrogens is 252 g/mol. The van der Waals surface area contributed by atoms with Gasteiger partial charge < -0.3 is 25.6 Å². The summed E-state index contributed by atoms with van der Waals surface area (Å²) in [5.74, 6) is -0.516. The molecular formula is C12H16N2O5. The second-order valence-corrected chi connectivity index (χ2v) is 3.69. The summed E-state index contributed by atoms with van der Waals surface area (Å²) in [5.41, 5.74) is 5.14. The highest BCUT2D eigenvalue weighted by Gasteiger charge is 2.16. The van der Waals surface area contributed by atoms with Gasteiger partial charge >= 0.3 is 0 Å². The Labute approximate surface area is 110 Å². The minimum atomic E-state index is -1.42. The van der Waals surface area contributed by atoms with Gasteiger partial charge in [-0.2, -0.15) is 0 Å². The van der Waals surface area contributed by atoms with Crippen LogP contribution >= 0.6 is 0 Å². The first-order valence-corrected chi connectivity index (χ1v) is 5.47. The molecule has 19 heavy (non-hydrogen) atoms. The molecule has 0 saturated carbocycles. The van der Waals surface area contributed by atoms with E-state index >= 15 is 0 Å². The van der Waals surface area contributed by atoms with Crippen LogP contribution in [0.25, 0.3) is 0 Å². The van der Waals surface area contributed by atoms with Crippen molar-refractivity contribution in [3.05, 3.63) is 23.8 Å². The predicted octanol–water partition coefficient (Wildman–Crippen LogP) is -0.720. The summed E-state index contributed by atoms with van der Waals surface area (Å²) < 4.78 is 10.1. The lowest BCUT2D eigenvalue weighted by atomic mass is 10.1. The number of hydrogen-bond acceptors (Lipinski definition) is 5. The van der Waals surface area contributed by atoms with E-state index in [1.807, 2.05) is 0 Å². The van der Waals surface area contributed by atoms with Crippen LogP contribution in [0.1, 0.15) is 10.4 Å². The first-order valence-electron chi connectivity index (χ1n) is 5.47. The maximum Gasteiger partial charge on any atom is 0.255 e. The molecule has 1 aromatic rings. The maximum atomic E-state index is 11.9. The minimum Gasteiger partial charge on any atom is -0.497 e. The van der Waals surface area contributed by atoms with Crippen molar-refractivity contribution < 1.29 is 24.2 Å². The van der Waals surface area contributed by atoms with Crippen LogP contribution in [-0.2, 0) is 4.79 Å². The van der Waals surface area contributed by atoms with Gasteiger partial charge in [0.2, 0.25) is 5.91 Å². The Bertz CT molecular complexity index is 475. The smallest absolute Gasteiger partial charge is 0.255 e. The van der Waals surface area contributed by atoms with E-state index in [1.54, 1.807) is 12.1 Å². The number of carbonyl (C=O) groups excluding carboxylic acids is 2. The van der Waals surface area contributed by atoms with Gasteiger partial charge in [0.25, 0.3) is 5.91 Å². The van der Waals surface area contributed by atoms with Crippen LogP contribution in [0.4, 0.5) is 0 Å². The van der Waals surface area contributed by atoms with Gasteiger partial charge in [0.1, 0.15) is 17.6 Å². The van der Waals surface area contributed by atoms with Crippen molar-refractivity contribution in [3.8, 4) is 11.5 Å². The third-order valence-corrected chi connectivity index (χ3v) is 2.44. The number of amides is 2. The lowest BCUT2D eigenvalue weighted by Gasteiger charge is -2.12. The molecule has 0 saturated heterocycles. The van der Waals surface area contributed by atoms with Crippen LogP contribution in [0.5, 0.6) is 11.5 Å². The number of aliphatic hydroxyl groups excluding tert-OH is 1. The van der Waals surface area contributed by atoms with E-state index in [9.17, 15) is 14.7 Å². The normalized spacial score (nSPS) is 11.5. The fraction of sp³-hybridized carbons (Fsp3) is 0.333. The minimum absolute atomic E-state index is 0.261. The molecule has 7 heteroatoms. The Balaban J connectivity index is 2.79. The zero-order valence-corrected chi connectivity index (χ0v) is 10.7. The molecule has 1 atom stereocenters. The number of rotatable bonds is 6. The molecule has 7 nitrogen and oxygen atoms in total. The van der Waals surface area contributed by atoms with Gasteiger partial charge in [0.15, 0.2) is 0 Å². The first kappa shape index (κ1) is 14.8. The monoisotopic (exact) mass is 268 g/mol. The molecule has 0 aromatic heterocycles. The topological polar surface area (TPSA) is 111 Å². The van der Waals surface area contributed by atoms with Gasteiger partial charge in [-0.15, -0.1) is 0 Å². The van der Waals surface area contributed by atoms with E-state index in [-0.39, 0.29) is 12.1 Å². The van der Waals surface area contributed by atoms with Crippen molar-refractivity contribution >= 4 is 11.8 Å². The number of nitrogens with one attached hydrogen (secondary N) is 1. The number of aliphatic hydroxyl groups is 1. The average molecular weight is 268 g/mol. The van der Waals surface area contributed by atoms with Crippen molar-refractivity contribution in [3.63, 3.8) is 0 Å². The summed E-state index contributed by atoms with van der Waals surface area (Å²) in [6.07, 6.45) is -1.42. The second-order valence-electron chi connectivity index (χ2n) is 3.69. The summed E-state index contributed by atoms with van der Waals surface area (Å²) >= 11 is 0. The number of hydrogen-bond donors (Lipinski definition) is 3.